The van der Waals surface area contributed by atoms with E-state index in [1.807, 2.05) is 6.20 Å². The Kier molecular flexibility index (Phi) is 4.23. The van der Waals surface area contributed by atoms with Crippen molar-refractivity contribution in [2.75, 3.05) is 4.72 Å². The van der Waals surface area contributed by atoms with Crippen LogP contribution in [-0.4, -0.2) is 22.1 Å². The number of nitrogens with one attached hydrogen (secondary N) is 1. The Labute approximate surface area is 148 Å². The van der Waals surface area contributed by atoms with Gasteiger partial charge in [-0.2, -0.15) is 8.75 Å². The van der Waals surface area contributed by atoms with Gasteiger partial charge in [0.2, 0.25) is 0 Å². The monoisotopic (exact) mass is 380 g/mol. The maximum absolute atomic E-state index is 12.7. The van der Waals surface area contributed by atoms with E-state index in [9.17, 15) is 8.42 Å². The Bertz CT molecular complexity index is 958. The van der Waals surface area contributed by atoms with Gasteiger partial charge in [-0.1, -0.05) is 25.3 Å². The lowest BCUT2D eigenvalue weighted by atomic mass is 9.89. The van der Waals surface area contributed by atoms with Gasteiger partial charge in [-0.05, 0) is 30.9 Å². The number of anilines is 1. The normalized spacial score (nSPS) is 16.5. The molecule has 9 heteroatoms. The van der Waals surface area contributed by atoms with E-state index in [4.69, 9.17) is 0 Å². The lowest BCUT2D eigenvalue weighted by molar-refractivity contribution is 0.448. The van der Waals surface area contributed by atoms with E-state index < -0.39 is 10.0 Å². The lowest BCUT2D eigenvalue weighted by Gasteiger charge is -2.19. The van der Waals surface area contributed by atoms with Crippen molar-refractivity contribution < 1.29 is 8.42 Å². The maximum Gasteiger partial charge on any atom is 0.265 e. The Balaban J connectivity index is 1.60. The summed E-state index contributed by atoms with van der Waals surface area (Å²) in [7, 11) is -3.73. The molecule has 1 aliphatic rings. The molecule has 24 heavy (non-hydrogen) atoms. The molecule has 0 bridgehead atoms. The SMILES string of the molecule is O=S(=O)(Nc1ncc(C2CCCCC2)s1)c1cccc2nsnc12. The molecule has 3 aromatic rings. The summed E-state index contributed by atoms with van der Waals surface area (Å²) in [5.74, 6) is 0.515. The Morgan fingerprint density at radius 3 is 2.79 bits per heavy atom. The molecule has 4 rings (SSSR count). The van der Waals surface area contributed by atoms with Crippen LogP contribution in [0.3, 0.4) is 0 Å². The highest BCUT2D eigenvalue weighted by Gasteiger charge is 2.23. The molecular weight excluding hydrogens is 364 g/mol. The summed E-state index contributed by atoms with van der Waals surface area (Å²) in [5.41, 5.74) is 0.990. The largest absolute Gasteiger partial charge is 0.265 e. The average Bonchev–Trinajstić information content (AvgIpc) is 3.24. The zero-order valence-electron chi connectivity index (χ0n) is 12.8. The number of thiazole rings is 1. The molecule has 0 aliphatic heterocycles. The van der Waals surface area contributed by atoms with Crippen LogP contribution in [-0.2, 0) is 10.0 Å². The van der Waals surface area contributed by atoms with Gasteiger partial charge in [-0.3, -0.25) is 4.72 Å². The van der Waals surface area contributed by atoms with Crippen LogP contribution in [0.15, 0.2) is 29.3 Å². The predicted molar refractivity (Wildman–Crippen MR) is 96.2 cm³/mol. The minimum absolute atomic E-state index is 0.142. The van der Waals surface area contributed by atoms with Crippen LogP contribution in [0, 0.1) is 0 Å². The first-order valence-corrected chi connectivity index (χ1v) is 10.9. The van der Waals surface area contributed by atoms with Crippen molar-refractivity contribution in [3.8, 4) is 0 Å². The molecule has 1 saturated carbocycles. The number of sulfonamides is 1. The van der Waals surface area contributed by atoms with Gasteiger partial charge in [0.25, 0.3) is 10.0 Å². The smallest absolute Gasteiger partial charge is 0.255 e. The van der Waals surface area contributed by atoms with Crippen molar-refractivity contribution in [2.24, 2.45) is 0 Å². The molecule has 0 saturated heterocycles. The molecule has 2 aromatic heterocycles. The van der Waals surface area contributed by atoms with Gasteiger partial charge in [-0.15, -0.1) is 11.3 Å². The number of rotatable bonds is 4. The number of benzene rings is 1. The van der Waals surface area contributed by atoms with Gasteiger partial charge < -0.3 is 0 Å². The summed E-state index contributed by atoms with van der Waals surface area (Å²) in [5, 5.41) is 0.413. The molecule has 1 N–H and O–H groups in total. The Morgan fingerprint density at radius 2 is 1.96 bits per heavy atom. The lowest BCUT2D eigenvalue weighted by Crippen LogP contribution is -2.13. The highest BCUT2D eigenvalue weighted by molar-refractivity contribution is 7.93. The highest BCUT2D eigenvalue weighted by atomic mass is 32.2. The molecule has 0 radical (unpaired) electrons. The molecule has 6 nitrogen and oxygen atoms in total. The summed E-state index contributed by atoms with van der Waals surface area (Å²) in [6.07, 6.45) is 7.91. The Hall–Kier alpha value is -1.58. The third kappa shape index (κ3) is 3.03. The van der Waals surface area contributed by atoms with Gasteiger partial charge in [0, 0.05) is 11.1 Å². The number of hydrogen-bond acceptors (Lipinski definition) is 7. The molecular formula is C15H16N4O2S3. The fraction of sp³-hybridized carbons (Fsp3) is 0.400. The van der Waals surface area contributed by atoms with Crippen molar-refractivity contribution >= 4 is 49.3 Å². The molecule has 1 fully saturated rings. The van der Waals surface area contributed by atoms with Crippen molar-refractivity contribution in [1.82, 2.24) is 13.7 Å². The van der Waals surface area contributed by atoms with Crippen LogP contribution in [0.1, 0.15) is 42.9 Å². The first kappa shape index (κ1) is 15.9. The number of aromatic nitrogens is 3. The second-order valence-electron chi connectivity index (χ2n) is 5.90. The number of hydrogen-bond donors (Lipinski definition) is 1. The van der Waals surface area contributed by atoms with E-state index in [-0.39, 0.29) is 4.90 Å². The molecule has 2 heterocycles. The number of fused-ring (bicyclic) bond motifs is 1. The van der Waals surface area contributed by atoms with Gasteiger partial charge in [0.1, 0.15) is 15.9 Å². The van der Waals surface area contributed by atoms with Crippen molar-refractivity contribution in [2.45, 2.75) is 42.9 Å². The fourth-order valence-corrected chi connectivity index (χ4v) is 6.07. The van der Waals surface area contributed by atoms with Crippen LogP contribution in [0.25, 0.3) is 11.0 Å². The number of nitrogens with zero attached hydrogens (tertiary/aromatic N) is 3. The minimum Gasteiger partial charge on any atom is -0.255 e. The summed E-state index contributed by atoms with van der Waals surface area (Å²) >= 11 is 2.44. The molecule has 1 aliphatic carbocycles. The minimum atomic E-state index is -3.73. The highest BCUT2D eigenvalue weighted by Crippen LogP contribution is 2.37. The van der Waals surface area contributed by atoms with Gasteiger partial charge in [0.05, 0.1) is 11.7 Å². The zero-order valence-corrected chi connectivity index (χ0v) is 15.3. The maximum atomic E-state index is 12.7. The van der Waals surface area contributed by atoms with Crippen LogP contribution in [0.5, 0.6) is 0 Å². The van der Waals surface area contributed by atoms with E-state index in [0.717, 1.165) is 24.6 Å². The third-order valence-corrected chi connectivity index (χ3v) is 7.41. The first-order chi connectivity index (χ1) is 11.6. The molecule has 0 unspecified atom stereocenters. The van der Waals surface area contributed by atoms with Crippen molar-refractivity contribution in [3.63, 3.8) is 0 Å². The summed E-state index contributed by atoms with van der Waals surface area (Å²) in [6.45, 7) is 0. The zero-order chi connectivity index (χ0) is 16.6. The summed E-state index contributed by atoms with van der Waals surface area (Å²) in [4.78, 5) is 5.57. The quantitative estimate of drug-likeness (QED) is 0.739. The molecule has 0 spiro atoms. The summed E-state index contributed by atoms with van der Waals surface area (Å²) < 4.78 is 36.2. The standard InChI is InChI=1S/C15H16N4O2S3/c20-24(21,13-8-4-7-11-14(13)18-23-17-11)19-15-16-9-12(22-15)10-5-2-1-3-6-10/h4,7-10H,1-3,5-6H2,(H,16,19). The van der Waals surface area contributed by atoms with E-state index in [1.165, 1.54) is 35.5 Å². The van der Waals surface area contributed by atoms with Gasteiger partial charge in [0.15, 0.2) is 5.13 Å². The topological polar surface area (TPSA) is 84.8 Å². The van der Waals surface area contributed by atoms with Gasteiger partial charge >= 0.3 is 0 Å². The van der Waals surface area contributed by atoms with Crippen molar-refractivity contribution in [1.29, 1.82) is 0 Å². The van der Waals surface area contributed by atoms with E-state index in [2.05, 4.69) is 18.5 Å². The van der Waals surface area contributed by atoms with Crippen molar-refractivity contribution in [3.05, 3.63) is 29.3 Å². The molecule has 126 valence electrons. The third-order valence-electron chi connectivity index (χ3n) is 4.29. The molecule has 0 atom stereocenters. The van der Waals surface area contributed by atoms with E-state index in [0.29, 0.717) is 22.1 Å². The fourth-order valence-electron chi connectivity index (χ4n) is 3.08. The molecule has 0 amide bonds. The summed E-state index contributed by atoms with van der Waals surface area (Å²) in [6, 6.07) is 4.97. The first-order valence-electron chi connectivity index (χ1n) is 7.83. The Morgan fingerprint density at radius 1 is 1.12 bits per heavy atom. The predicted octanol–water partition coefficient (Wildman–Crippen LogP) is 4.00. The van der Waals surface area contributed by atoms with E-state index >= 15 is 0 Å². The van der Waals surface area contributed by atoms with Crippen LogP contribution >= 0.6 is 23.1 Å². The van der Waals surface area contributed by atoms with Crippen LogP contribution < -0.4 is 4.72 Å². The van der Waals surface area contributed by atoms with Crippen LogP contribution in [0.2, 0.25) is 0 Å². The van der Waals surface area contributed by atoms with E-state index in [1.54, 1.807) is 18.2 Å². The average molecular weight is 381 g/mol. The second kappa shape index (κ2) is 6.38. The molecule has 1 aromatic carbocycles. The van der Waals surface area contributed by atoms with Crippen LogP contribution in [0.4, 0.5) is 5.13 Å². The van der Waals surface area contributed by atoms with Gasteiger partial charge in [-0.25, -0.2) is 13.4 Å². The second-order valence-corrected chi connectivity index (χ2v) is 9.14.